The summed E-state index contributed by atoms with van der Waals surface area (Å²) in [6, 6.07) is 0. The topological polar surface area (TPSA) is 0 Å². The molecule has 0 saturated heterocycles. The van der Waals surface area contributed by atoms with Gasteiger partial charge in [0.25, 0.3) is 0 Å². The van der Waals surface area contributed by atoms with Crippen LogP contribution < -0.4 is 0 Å². The summed E-state index contributed by atoms with van der Waals surface area (Å²) in [6.45, 7) is 6.59. The van der Waals surface area contributed by atoms with Crippen LogP contribution in [-0.2, 0) is 0 Å². The van der Waals surface area contributed by atoms with Crippen molar-refractivity contribution in [1.29, 1.82) is 0 Å². The Morgan fingerprint density at radius 1 is 1.62 bits per heavy atom. The highest BCUT2D eigenvalue weighted by Gasteiger charge is 2.17. The predicted octanol–water partition coefficient (Wildman–Crippen LogP) is 1.69. The zero-order chi connectivity index (χ0) is 6.78. The molecule has 0 fully saturated rings. The Morgan fingerprint density at radius 3 is 2.00 bits per heavy atom. The van der Waals surface area contributed by atoms with Crippen molar-refractivity contribution in [2.75, 3.05) is 5.88 Å². The molecule has 48 valence electrons. The average Bonchev–Trinajstić information content (AvgIpc) is 1.62. The van der Waals surface area contributed by atoms with Crippen molar-refractivity contribution in [2.24, 2.45) is 5.92 Å². The van der Waals surface area contributed by atoms with E-state index in [4.69, 9.17) is 11.6 Å². The second-order valence-electron chi connectivity index (χ2n) is 3.42. The summed E-state index contributed by atoms with van der Waals surface area (Å²) in [5, 5.41) is 0.377. The summed E-state index contributed by atoms with van der Waals surface area (Å²) in [6.07, 6.45) is 0. The van der Waals surface area contributed by atoms with E-state index in [1.54, 1.807) is 0 Å². The van der Waals surface area contributed by atoms with E-state index in [9.17, 15) is 0 Å². The molecule has 0 bridgehead atoms. The van der Waals surface area contributed by atoms with Gasteiger partial charge in [-0.3, -0.25) is 0 Å². The lowest BCUT2D eigenvalue weighted by Crippen LogP contribution is -2.15. The largest absolute Gasteiger partial charge is 0.126 e. The van der Waals surface area contributed by atoms with Gasteiger partial charge in [-0.2, -0.15) is 0 Å². The highest BCUT2D eigenvalue weighted by atomic mass is 35.5. The fourth-order valence-corrected chi connectivity index (χ4v) is 0.694. The summed E-state index contributed by atoms with van der Waals surface area (Å²) in [5.41, 5.74) is 0. The van der Waals surface area contributed by atoms with Crippen molar-refractivity contribution in [3.63, 3.8) is 0 Å². The van der Waals surface area contributed by atoms with Gasteiger partial charge in [0, 0.05) is 5.88 Å². The van der Waals surface area contributed by atoms with Crippen LogP contribution in [-0.4, -0.2) is 13.7 Å². The molecule has 0 aromatic carbocycles. The molecule has 1 atom stereocenters. The second kappa shape index (κ2) is 2.77. The third-order valence-electron chi connectivity index (χ3n) is 1.71. The molecular weight excluding hydrogens is 118 g/mol. The first kappa shape index (κ1) is 8.35. The van der Waals surface area contributed by atoms with Crippen LogP contribution in [0.5, 0.6) is 0 Å². The maximum Gasteiger partial charge on any atom is 0.109 e. The van der Waals surface area contributed by atoms with Gasteiger partial charge in [-0.25, -0.2) is 0 Å². The standard InChI is InChI=1S/C6H14BCl/c1-5(4-8)6(2,3)7/h5H,4,7H2,1-3H3. The Labute approximate surface area is 58.0 Å². The summed E-state index contributed by atoms with van der Waals surface area (Å²) >= 11 is 5.64. The lowest BCUT2D eigenvalue weighted by molar-refractivity contribution is 0.486. The Hall–Kier alpha value is 0.355. The number of halogens is 1. The predicted molar refractivity (Wildman–Crippen MR) is 42.5 cm³/mol. The van der Waals surface area contributed by atoms with E-state index >= 15 is 0 Å². The fraction of sp³-hybridized carbons (Fsp3) is 1.00. The minimum absolute atomic E-state index is 0.377. The normalized spacial score (nSPS) is 16.0. The van der Waals surface area contributed by atoms with Gasteiger partial charge in [-0.05, 0) is 5.92 Å². The Kier molecular flexibility index (Phi) is 2.89. The number of rotatable bonds is 2. The van der Waals surface area contributed by atoms with E-state index in [2.05, 4.69) is 28.6 Å². The highest BCUT2D eigenvalue weighted by molar-refractivity contribution is 6.20. The summed E-state index contributed by atoms with van der Waals surface area (Å²) in [5.74, 6) is 1.38. The van der Waals surface area contributed by atoms with Gasteiger partial charge < -0.3 is 0 Å². The zero-order valence-electron chi connectivity index (χ0n) is 6.16. The number of hydrogen-bond acceptors (Lipinski definition) is 0. The highest BCUT2D eigenvalue weighted by Crippen LogP contribution is 2.30. The maximum atomic E-state index is 5.64. The van der Waals surface area contributed by atoms with Crippen LogP contribution in [0.4, 0.5) is 0 Å². The van der Waals surface area contributed by atoms with Gasteiger partial charge in [0.1, 0.15) is 7.85 Å². The molecule has 0 aromatic rings. The number of alkyl halides is 1. The maximum absolute atomic E-state index is 5.64. The molecule has 0 N–H and O–H groups in total. The lowest BCUT2D eigenvalue weighted by atomic mass is 9.65. The van der Waals surface area contributed by atoms with E-state index in [1.165, 1.54) is 0 Å². The fourth-order valence-electron chi connectivity index (χ4n) is 0.231. The van der Waals surface area contributed by atoms with Gasteiger partial charge >= 0.3 is 0 Å². The molecule has 0 nitrogen and oxygen atoms in total. The Balaban J connectivity index is 3.62. The number of hydrogen-bond donors (Lipinski definition) is 0. The van der Waals surface area contributed by atoms with E-state index in [-0.39, 0.29) is 0 Å². The van der Waals surface area contributed by atoms with Crippen LogP contribution >= 0.6 is 11.6 Å². The van der Waals surface area contributed by atoms with E-state index in [1.807, 2.05) is 0 Å². The SMILES string of the molecule is BC(C)(C)C(C)CCl. The molecule has 1 unspecified atom stereocenters. The summed E-state index contributed by atoms with van der Waals surface area (Å²) < 4.78 is 0. The van der Waals surface area contributed by atoms with Gasteiger partial charge in [-0.15, -0.1) is 11.6 Å². The van der Waals surface area contributed by atoms with Crippen LogP contribution in [0.15, 0.2) is 0 Å². The first-order chi connectivity index (χ1) is 3.48. The van der Waals surface area contributed by atoms with Gasteiger partial charge in [0.2, 0.25) is 0 Å². The van der Waals surface area contributed by atoms with Crippen LogP contribution in [0.3, 0.4) is 0 Å². The molecule has 0 aromatic heterocycles. The summed E-state index contributed by atoms with van der Waals surface area (Å²) in [7, 11) is 2.21. The average molecular weight is 132 g/mol. The Bertz CT molecular complexity index is 65.4. The molecule has 0 aliphatic carbocycles. The minimum atomic E-state index is 0.377. The van der Waals surface area contributed by atoms with Gasteiger partial charge in [0.05, 0.1) is 0 Å². The molecule has 8 heavy (non-hydrogen) atoms. The van der Waals surface area contributed by atoms with Gasteiger partial charge in [-0.1, -0.05) is 26.1 Å². The molecule has 0 heterocycles. The zero-order valence-corrected chi connectivity index (χ0v) is 6.92. The molecule has 0 radical (unpaired) electrons. The lowest BCUT2D eigenvalue weighted by Gasteiger charge is -2.24. The van der Waals surface area contributed by atoms with Gasteiger partial charge in [0.15, 0.2) is 0 Å². The van der Waals surface area contributed by atoms with E-state index < -0.39 is 0 Å². The van der Waals surface area contributed by atoms with Crippen molar-refractivity contribution >= 4 is 19.4 Å². The first-order valence-corrected chi connectivity index (χ1v) is 3.58. The minimum Gasteiger partial charge on any atom is -0.126 e. The third kappa shape index (κ3) is 2.61. The van der Waals surface area contributed by atoms with Crippen LogP contribution in [0, 0.1) is 5.92 Å². The first-order valence-electron chi connectivity index (χ1n) is 3.04. The summed E-state index contributed by atoms with van der Waals surface area (Å²) in [4.78, 5) is 0. The van der Waals surface area contributed by atoms with Crippen molar-refractivity contribution < 1.29 is 0 Å². The molecule has 0 aliphatic heterocycles. The van der Waals surface area contributed by atoms with Crippen molar-refractivity contribution in [3.05, 3.63) is 0 Å². The molecule has 2 heteroatoms. The molecule has 0 amide bonds. The molecule has 0 saturated carbocycles. The molecule has 0 rings (SSSR count). The van der Waals surface area contributed by atoms with E-state index in [0.717, 1.165) is 5.88 Å². The quantitative estimate of drug-likeness (QED) is 0.396. The van der Waals surface area contributed by atoms with Crippen LogP contribution in [0.2, 0.25) is 5.31 Å². The molecule has 0 aliphatic rings. The van der Waals surface area contributed by atoms with Crippen molar-refractivity contribution in [3.8, 4) is 0 Å². The van der Waals surface area contributed by atoms with Crippen LogP contribution in [0.25, 0.3) is 0 Å². The third-order valence-corrected chi connectivity index (χ3v) is 2.17. The Morgan fingerprint density at radius 2 is 2.00 bits per heavy atom. The monoisotopic (exact) mass is 132 g/mol. The molecular formula is C6H14BCl. The van der Waals surface area contributed by atoms with Crippen molar-refractivity contribution in [2.45, 2.75) is 26.1 Å². The second-order valence-corrected chi connectivity index (χ2v) is 3.73. The van der Waals surface area contributed by atoms with Crippen molar-refractivity contribution in [1.82, 2.24) is 0 Å². The van der Waals surface area contributed by atoms with E-state index in [0.29, 0.717) is 11.2 Å². The smallest absolute Gasteiger partial charge is 0.109 e. The molecule has 0 spiro atoms. The van der Waals surface area contributed by atoms with Crippen LogP contribution in [0.1, 0.15) is 20.8 Å².